The lowest BCUT2D eigenvalue weighted by molar-refractivity contribution is 0.122. The Morgan fingerprint density at radius 1 is 0.976 bits per heavy atom. The number of hydrogen-bond donors (Lipinski definition) is 1. The number of likely N-dealkylation sites (tertiary alicyclic amines) is 2. The molecule has 0 unspecified atom stereocenters. The smallest absolute Gasteiger partial charge is 0.139 e. The van der Waals surface area contributed by atoms with Crippen LogP contribution in [0.2, 0.25) is 10.0 Å². The topological polar surface area (TPSA) is 77.3 Å². The summed E-state index contributed by atoms with van der Waals surface area (Å²) in [6.45, 7) is 5.79. The summed E-state index contributed by atoms with van der Waals surface area (Å²) in [6.07, 6.45) is 8.80. The first kappa shape index (κ1) is 27.7. The number of hydrogen-bond acceptors (Lipinski definition) is 7. The van der Waals surface area contributed by atoms with Crippen molar-refractivity contribution in [2.24, 2.45) is 0 Å². The predicted octanol–water partition coefficient (Wildman–Crippen LogP) is 7.29. The van der Waals surface area contributed by atoms with E-state index in [4.69, 9.17) is 32.9 Å². The molecule has 4 aromatic rings. The molecular formula is C32H32Cl2N6O. The van der Waals surface area contributed by atoms with Crippen LogP contribution in [0.5, 0.6) is 5.75 Å². The van der Waals surface area contributed by atoms with Crippen LogP contribution < -0.4 is 10.1 Å². The second kappa shape index (κ2) is 12.2. The highest BCUT2D eigenvalue weighted by Crippen LogP contribution is 2.38. The number of ether oxygens (including phenoxy) is 1. The Bertz CT molecular complexity index is 1590. The number of rotatable bonds is 7. The number of nitriles is 1. The number of anilines is 2. The second-order valence-electron chi connectivity index (χ2n) is 10.8. The molecule has 0 spiro atoms. The highest BCUT2D eigenvalue weighted by atomic mass is 35.5. The van der Waals surface area contributed by atoms with Gasteiger partial charge in [0.25, 0.3) is 0 Å². The number of methoxy groups -OCH3 is 1. The minimum absolute atomic E-state index is 0.405. The van der Waals surface area contributed by atoms with Crippen LogP contribution in [0, 0.1) is 11.3 Å². The number of aromatic nitrogens is 2. The Hall–Kier alpha value is -3.41. The monoisotopic (exact) mass is 586 g/mol. The molecule has 7 nitrogen and oxygen atoms in total. The summed E-state index contributed by atoms with van der Waals surface area (Å²) in [7, 11) is 1.54. The number of nitrogens with zero attached hydrogens (tertiary/aromatic N) is 5. The van der Waals surface area contributed by atoms with Crippen LogP contribution in [-0.2, 0) is 6.54 Å². The number of fused-ring (bicyclic) bond motifs is 1. The van der Waals surface area contributed by atoms with Gasteiger partial charge in [0.1, 0.15) is 11.8 Å². The number of piperidine rings is 1. The molecule has 0 aliphatic carbocycles. The van der Waals surface area contributed by atoms with Gasteiger partial charge >= 0.3 is 0 Å². The van der Waals surface area contributed by atoms with E-state index in [1.165, 1.54) is 44.3 Å². The summed E-state index contributed by atoms with van der Waals surface area (Å²) in [6, 6.07) is 16.5. The summed E-state index contributed by atoms with van der Waals surface area (Å²) in [5.74, 6) is 0.485. The first-order valence-electron chi connectivity index (χ1n) is 14.1. The summed E-state index contributed by atoms with van der Waals surface area (Å²) in [5, 5.41) is 14.7. The van der Waals surface area contributed by atoms with Gasteiger partial charge in [-0.25, -0.2) is 0 Å². The number of benzene rings is 2. The van der Waals surface area contributed by atoms with Gasteiger partial charge in [0.2, 0.25) is 0 Å². The Morgan fingerprint density at radius 3 is 2.49 bits per heavy atom. The van der Waals surface area contributed by atoms with Crippen molar-refractivity contribution in [2.75, 3.05) is 38.6 Å². The fourth-order valence-corrected chi connectivity index (χ4v) is 6.49. The molecule has 0 radical (unpaired) electrons. The molecule has 2 aliphatic rings. The van der Waals surface area contributed by atoms with E-state index in [1.807, 2.05) is 24.4 Å². The van der Waals surface area contributed by atoms with Crippen molar-refractivity contribution in [3.63, 3.8) is 0 Å². The molecular weight excluding hydrogens is 555 g/mol. The standard InChI is InChI=1S/C32H32Cl2N6O/c1-41-31-16-30(26(33)15-27(31)34)38-32-23(17-35)19-37-29-14-22(5-6-25(29)32)28-7-4-21(18-36-28)20-39-12-8-24(9-13-39)40-10-2-3-11-40/h4-7,14-16,18-19,24H,2-3,8-13,20H2,1H3,(H,37,38). The Kier molecular flexibility index (Phi) is 8.27. The van der Waals surface area contributed by atoms with Crippen LogP contribution in [0.1, 0.15) is 36.8 Å². The predicted molar refractivity (Wildman–Crippen MR) is 165 cm³/mol. The number of pyridine rings is 2. The fourth-order valence-electron chi connectivity index (χ4n) is 5.98. The van der Waals surface area contributed by atoms with Crippen molar-refractivity contribution in [1.82, 2.24) is 19.8 Å². The lowest BCUT2D eigenvalue weighted by atomic mass is 10.0. The van der Waals surface area contributed by atoms with Gasteiger partial charge in [-0.3, -0.25) is 14.9 Å². The van der Waals surface area contributed by atoms with E-state index in [2.05, 4.69) is 38.3 Å². The first-order chi connectivity index (χ1) is 20.0. The largest absolute Gasteiger partial charge is 0.495 e. The van der Waals surface area contributed by atoms with Crippen LogP contribution in [0.25, 0.3) is 22.2 Å². The SMILES string of the molecule is COc1cc(Nc2c(C#N)cnc3cc(-c4ccc(CN5CCC(N6CCCC6)CC5)cn4)ccc23)c(Cl)cc1Cl. The van der Waals surface area contributed by atoms with Crippen molar-refractivity contribution in [3.8, 4) is 23.1 Å². The molecule has 1 N–H and O–H groups in total. The molecule has 2 aliphatic heterocycles. The second-order valence-corrected chi connectivity index (χ2v) is 11.6. The first-order valence-corrected chi connectivity index (χ1v) is 14.8. The molecule has 210 valence electrons. The third-order valence-corrected chi connectivity index (χ3v) is 8.84. The normalized spacial score (nSPS) is 16.6. The zero-order valence-electron chi connectivity index (χ0n) is 23.0. The molecule has 0 amide bonds. The van der Waals surface area contributed by atoms with E-state index in [9.17, 15) is 5.26 Å². The van der Waals surface area contributed by atoms with Crippen LogP contribution in [0.15, 0.2) is 54.9 Å². The highest BCUT2D eigenvalue weighted by Gasteiger charge is 2.26. The maximum atomic E-state index is 9.78. The van der Waals surface area contributed by atoms with Crippen LogP contribution in [0.3, 0.4) is 0 Å². The molecule has 2 aromatic heterocycles. The summed E-state index contributed by atoms with van der Waals surface area (Å²) >= 11 is 12.7. The third-order valence-electron chi connectivity index (χ3n) is 8.23. The molecule has 0 bridgehead atoms. The highest BCUT2D eigenvalue weighted by molar-refractivity contribution is 6.37. The van der Waals surface area contributed by atoms with E-state index in [0.717, 1.165) is 47.8 Å². The molecule has 0 atom stereocenters. The van der Waals surface area contributed by atoms with Gasteiger partial charge in [0.15, 0.2) is 0 Å². The van der Waals surface area contributed by atoms with Gasteiger partial charge < -0.3 is 15.0 Å². The summed E-state index contributed by atoms with van der Waals surface area (Å²) in [5.41, 5.74) is 5.42. The van der Waals surface area contributed by atoms with Crippen LogP contribution in [0.4, 0.5) is 11.4 Å². The Morgan fingerprint density at radius 2 is 1.78 bits per heavy atom. The Balaban J connectivity index is 1.18. The zero-order valence-corrected chi connectivity index (χ0v) is 24.5. The number of halogens is 2. The van der Waals surface area contributed by atoms with Crippen molar-refractivity contribution >= 4 is 45.5 Å². The van der Waals surface area contributed by atoms with Gasteiger partial charge in [0.05, 0.1) is 45.3 Å². The molecule has 2 fully saturated rings. The minimum Gasteiger partial charge on any atom is -0.495 e. The summed E-state index contributed by atoms with van der Waals surface area (Å²) in [4.78, 5) is 14.6. The van der Waals surface area contributed by atoms with E-state index >= 15 is 0 Å². The fraction of sp³-hybridized carbons (Fsp3) is 0.344. The molecule has 6 rings (SSSR count). The molecule has 4 heterocycles. The van der Waals surface area contributed by atoms with E-state index < -0.39 is 0 Å². The number of nitrogens with one attached hydrogen (secondary N) is 1. The molecule has 9 heteroatoms. The van der Waals surface area contributed by atoms with Crippen LogP contribution in [-0.4, -0.2) is 59.1 Å². The van der Waals surface area contributed by atoms with Gasteiger partial charge in [0, 0.05) is 42.0 Å². The third kappa shape index (κ3) is 5.98. The minimum atomic E-state index is 0.405. The van der Waals surface area contributed by atoms with Crippen molar-refractivity contribution in [1.29, 1.82) is 5.26 Å². The molecule has 41 heavy (non-hydrogen) atoms. The maximum absolute atomic E-state index is 9.78. The quantitative estimate of drug-likeness (QED) is 0.243. The lowest BCUT2D eigenvalue weighted by Crippen LogP contribution is -2.43. The van der Waals surface area contributed by atoms with Crippen molar-refractivity contribution in [3.05, 3.63) is 76.0 Å². The average molecular weight is 588 g/mol. The maximum Gasteiger partial charge on any atom is 0.139 e. The average Bonchev–Trinajstić information content (AvgIpc) is 3.54. The van der Waals surface area contributed by atoms with Gasteiger partial charge in [-0.1, -0.05) is 35.3 Å². The van der Waals surface area contributed by atoms with E-state index in [-0.39, 0.29) is 0 Å². The van der Waals surface area contributed by atoms with E-state index in [0.29, 0.717) is 32.7 Å². The van der Waals surface area contributed by atoms with Crippen molar-refractivity contribution < 1.29 is 4.74 Å². The van der Waals surface area contributed by atoms with Crippen molar-refractivity contribution in [2.45, 2.75) is 38.3 Å². The molecule has 2 aromatic carbocycles. The Labute approximate surface area is 250 Å². The summed E-state index contributed by atoms with van der Waals surface area (Å²) < 4.78 is 5.34. The van der Waals surface area contributed by atoms with E-state index in [1.54, 1.807) is 25.4 Å². The van der Waals surface area contributed by atoms with Crippen LogP contribution >= 0.6 is 23.2 Å². The van der Waals surface area contributed by atoms with Gasteiger partial charge in [-0.2, -0.15) is 5.26 Å². The van der Waals surface area contributed by atoms with Gasteiger partial charge in [-0.15, -0.1) is 0 Å². The molecule has 2 saturated heterocycles. The molecule has 0 saturated carbocycles. The lowest BCUT2D eigenvalue weighted by Gasteiger charge is -2.36. The zero-order chi connectivity index (χ0) is 28.3. The van der Waals surface area contributed by atoms with Gasteiger partial charge in [-0.05, 0) is 81.7 Å².